The van der Waals surface area contributed by atoms with E-state index in [-0.39, 0.29) is 6.04 Å². The summed E-state index contributed by atoms with van der Waals surface area (Å²) in [5.41, 5.74) is 2.87. The van der Waals surface area contributed by atoms with Gasteiger partial charge in [0.05, 0.1) is 29.4 Å². The third-order valence-corrected chi connectivity index (χ3v) is 6.45. The van der Waals surface area contributed by atoms with E-state index >= 15 is 0 Å². The Morgan fingerprint density at radius 2 is 2.31 bits per heavy atom. The zero-order chi connectivity index (χ0) is 20.0. The van der Waals surface area contributed by atoms with Crippen LogP contribution in [0.3, 0.4) is 0 Å². The number of hydrogen-bond donors (Lipinski definition) is 4. The van der Waals surface area contributed by atoms with Crippen molar-refractivity contribution in [2.45, 2.75) is 32.2 Å². The largest absolute Gasteiger partial charge is 0.600 e. The Kier molecular flexibility index (Phi) is 4.55. The van der Waals surface area contributed by atoms with Gasteiger partial charge < -0.3 is 15.3 Å². The molecule has 4 N–H and O–H groups in total. The number of aromatic nitrogens is 4. The monoisotopic (exact) mass is 412 g/mol. The van der Waals surface area contributed by atoms with E-state index in [2.05, 4.69) is 25.5 Å². The third-order valence-electron chi connectivity index (χ3n) is 5.29. The summed E-state index contributed by atoms with van der Waals surface area (Å²) in [6.07, 6.45) is 5.21. The van der Waals surface area contributed by atoms with Crippen LogP contribution in [-0.2, 0) is 12.8 Å². The van der Waals surface area contributed by atoms with Crippen molar-refractivity contribution in [3.8, 4) is 5.75 Å². The van der Waals surface area contributed by atoms with Crippen LogP contribution in [0.15, 0.2) is 24.7 Å². The predicted octanol–water partition coefficient (Wildman–Crippen LogP) is 2.34. The molecule has 0 spiro atoms. The lowest BCUT2D eigenvalue weighted by Crippen LogP contribution is -3.09. The molecule has 0 fully saturated rings. The third kappa shape index (κ3) is 3.19. The summed E-state index contributed by atoms with van der Waals surface area (Å²) in [5, 5.41) is 32.5. The van der Waals surface area contributed by atoms with Gasteiger partial charge in [0.2, 0.25) is 0 Å². The molecular weight excluding hydrogens is 392 g/mol. The zero-order valence-electron chi connectivity index (χ0n) is 15.7. The second kappa shape index (κ2) is 7.23. The van der Waals surface area contributed by atoms with Crippen LogP contribution in [0.25, 0.3) is 21.1 Å². The molecule has 3 heterocycles. The van der Waals surface area contributed by atoms with Crippen molar-refractivity contribution in [2.75, 3.05) is 11.9 Å². The lowest BCUT2D eigenvalue weighted by molar-refractivity contribution is -1.07. The maximum Gasteiger partial charge on any atom is 0.144 e. The highest BCUT2D eigenvalue weighted by Crippen LogP contribution is 2.40. The Labute approximate surface area is 169 Å². The smallest absolute Gasteiger partial charge is 0.144 e. The highest BCUT2D eigenvalue weighted by molar-refractivity contribution is 7.19. The molecule has 0 bridgehead atoms. The fourth-order valence-electron chi connectivity index (χ4n) is 3.89. The second-order valence-corrected chi connectivity index (χ2v) is 8.13. The van der Waals surface area contributed by atoms with Gasteiger partial charge in [-0.05, 0) is 25.0 Å². The minimum absolute atomic E-state index is 0.326. The van der Waals surface area contributed by atoms with Crippen molar-refractivity contribution in [1.82, 2.24) is 20.2 Å². The number of thiophene rings is 1. The van der Waals surface area contributed by atoms with Crippen molar-refractivity contribution in [1.29, 1.82) is 0 Å². The van der Waals surface area contributed by atoms with Crippen LogP contribution in [0.5, 0.6) is 5.75 Å². The molecule has 0 saturated carbocycles. The molecule has 29 heavy (non-hydrogen) atoms. The average Bonchev–Trinajstić information content (AvgIpc) is 3.31. The molecule has 0 aliphatic heterocycles. The molecule has 150 valence electrons. The van der Waals surface area contributed by atoms with Crippen molar-refractivity contribution in [3.63, 3.8) is 0 Å². The number of quaternary nitrogens is 1. The molecule has 9 nitrogen and oxygen atoms in total. The van der Waals surface area contributed by atoms with Gasteiger partial charge in [0.15, 0.2) is 0 Å². The van der Waals surface area contributed by atoms with E-state index in [1.165, 1.54) is 6.33 Å². The van der Waals surface area contributed by atoms with Gasteiger partial charge in [-0.2, -0.15) is 5.10 Å². The fourth-order valence-corrected chi connectivity index (χ4v) is 5.15. The Balaban J connectivity index is 1.58. The second-order valence-electron chi connectivity index (χ2n) is 7.05. The Morgan fingerprint density at radius 1 is 1.41 bits per heavy atom. The summed E-state index contributed by atoms with van der Waals surface area (Å²) in [6.45, 7) is 2.48. The molecule has 2 unspecified atom stereocenters. The molecule has 1 aliphatic rings. The molecule has 1 aliphatic carbocycles. The van der Waals surface area contributed by atoms with Crippen LogP contribution >= 0.6 is 11.3 Å². The van der Waals surface area contributed by atoms with Crippen molar-refractivity contribution < 1.29 is 15.2 Å². The molecule has 5 rings (SSSR count). The normalized spacial score (nSPS) is 17.4. The number of aryl methyl sites for hydroxylation is 1. The Hall–Kier alpha value is -2.79. The maximum absolute atomic E-state index is 11.4. The van der Waals surface area contributed by atoms with Gasteiger partial charge in [0, 0.05) is 29.2 Å². The number of benzene rings is 1. The van der Waals surface area contributed by atoms with Gasteiger partial charge in [0.1, 0.15) is 28.8 Å². The number of rotatable bonds is 5. The van der Waals surface area contributed by atoms with Gasteiger partial charge in [-0.15, -0.1) is 11.3 Å². The van der Waals surface area contributed by atoms with Crippen molar-refractivity contribution in [3.05, 3.63) is 40.3 Å². The number of nitrogens with one attached hydrogen (secondary N) is 3. The van der Waals surface area contributed by atoms with Crippen molar-refractivity contribution >= 4 is 44.0 Å². The highest BCUT2D eigenvalue weighted by Gasteiger charge is 2.28. The molecule has 10 heteroatoms. The maximum atomic E-state index is 11.4. The van der Waals surface area contributed by atoms with Crippen LogP contribution in [0.4, 0.5) is 11.5 Å². The van der Waals surface area contributed by atoms with E-state index in [1.54, 1.807) is 17.5 Å². The first-order chi connectivity index (χ1) is 14.1. The highest BCUT2D eigenvalue weighted by atomic mass is 32.1. The van der Waals surface area contributed by atoms with Gasteiger partial charge in [0.25, 0.3) is 0 Å². The standard InChI is InChI=1S/C19H20N6O3S/c1-2-28-15-7-13-10(8-22-24-13)5-14(15)23-18-17-12-4-3-11(25(26)27)6-16(12)29-19(17)21-9-20-18/h5,7-9,11,25-26H,2-4,6H2,1H3,(H,22,24)(H,20,21,23). The van der Waals surface area contributed by atoms with Gasteiger partial charge in [-0.1, -0.05) is 0 Å². The minimum atomic E-state index is -0.729. The van der Waals surface area contributed by atoms with E-state index in [4.69, 9.17) is 4.74 Å². The molecule has 2 atom stereocenters. The van der Waals surface area contributed by atoms with E-state index in [0.29, 0.717) is 37.4 Å². The first kappa shape index (κ1) is 18.3. The number of anilines is 2. The SMILES string of the molecule is CCOc1cc2[nH]ncc2cc1Nc1ncnc2sc3c(c12)CCC([NH+]([O-])O)C3. The Bertz CT molecular complexity index is 1190. The summed E-state index contributed by atoms with van der Waals surface area (Å²) < 4.78 is 5.82. The van der Waals surface area contributed by atoms with E-state index < -0.39 is 5.23 Å². The number of fused-ring (bicyclic) bond motifs is 4. The first-order valence-corrected chi connectivity index (χ1v) is 10.3. The van der Waals surface area contributed by atoms with E-state index in [0.717, 1.165) is 37.2 Å². The number of aromatic amines is 1. The number of nitrogens with zero attached hydrogens (tertiary/aromatic N) is 3. The molecule has 0 radical (unpaired) electrons. The lowest BCUT2D eigenvalue weighted by atomic mass is 9.93. The van der Waals surface area contributed by atoms with Crippen LogP contribution in [-0.4, -0.2) is 38.0 Å². The minimum Gasteiger partial charge on any atom is -0.600 e. The topological polar surface area (TPSA) is 123 Å². The van der Waals surface area contributed by atoms with Gasteiger partial charge in [-0.25, -0.2) is 20.4 Å². The van der Waals surface area contributed by atoms with Crippen LogP contribution in [0, 0.1) is 5.21 Å². The van der Waals surface area contributed by atoms with Crippen LogP contribution < -0.4 is 15.3 Å². The van der Waals surface area contributed by atoms with Gasteiger partial charge in [-0.3, -0.25) is 5.10 Å². The van der Waals surface area contributed by atoms with Gasteiger partial charge >= 0.3 is 0 Å². The molecule has 0 saturated heterocycles. The number of hydrogen-bond acceptors (Lipinski definition) is 8. The number of H-pyrrole nitrogens is 1. The van der Waals surface area contributed by atoms with E-state index in [1.807, 2.05) is 19.1 Å². The summed E-state index contributed by atoms with van der Waals surface area (Å²) >= 11 is 1.56. The number of ether oxygens (including phenoxy) is 1. The predicted molar refractivity (Wildman–Crippen MR) is 110 cm³/mol. The molecule has 3 aromatic heterocycles. The summed E-state index contributed by atoms with van der Waals surface area (Å²) in [7, 11) is 0. The summed E-state index contributed by atoms with van der Waals surface area (Å²) in [6, 6.07) is 3.58. The summed E-state index contributed by atoms with van der Waals surface area (Å²) in [5.74, 6) is 1.43. The quantitative estimate of drug-likeness (QED) is 0.371. The average molecular weight is 412 g/mol. The van der Waals surface area contributed by atoms with Crippen LogP contribution in [0.1, 0.15) is 23.8 Å². The lowest BCUT2D eigenvalue weighted by Gasteiger charge is -2.27. The van der Waals surface area contributed by atoms with E-state index in [9.17, 15) is 10.4 Å². The first-order valence-electron chi connectivity index (χ1n) is 9.49. The summed E-state index contributed by atoms with van der Waals surface area (Å²) in [4.78, 5) is 10.9. The molecular formula is C19H20N6O3S. The molecule has 4 aromatic rings. The van der Waals surface area contributed by atoms with Crippen LogP contribution in [0.2, 0.25) is 0 Å². The van der Waals surface area contributed by atoms with Crippen molar-refractivity contribution in [2.24, 2.45) is 0 Å². The molecule has 0 amide bonds. The number of hydroxylamine groups is 2. The molecule has 1 aromatic carbocycles. The Morgan fingerprint density at radius 3 is 3.14 bits per heavy atom. The fraction of sp³-hybridized carbons (Fsp3) is 0.316. The zero-order valence-corrected chi connectivity index (χ0v) is 16.5.